The highest BCUT2D eigenvalue weighted by Gasteiger charge is 2.50. The summed E-state index contributed by atoms with van der Waals surface area (Å²) in [5.74, 6) is 0. The zero-order chi connectivity index (χ0) is 15.6. The van der Waals surface area contributed by atoms with Crippen molar-refractivity contribution in [2.75, 3.05) is 18.5 Å². The number of nitrogens with zero attached hydrogens (tertiary/aromatic N) is 4. The number of aryl methyl sites for hydroxylation is 1. The fourth-order valence-corrected chi connectivity index (χ4v) is 3.98. The van der Waals surface area contributed by atoms with Crippen molar-refractivity contribution >= 4 is 5.69 Å². The molecule has 0 amide bonds. The minimum Gasteiger partial charge on any atom is -0.369 e. The molecule has 4 heteroatoms. The van der Waals surface area contributed by atoms with E-state index >= 15 is 0 Å². The number of benzene rings is 1. The van der Waals surface area contributed by atoms with E-state index < -0.39 is 0 Å². The van der Waals surface area contributed by atoms with Crippen LogP contribution in [0.25, 0.3) is 11.1 Å². The fraction of sp³-hybridized carbons (Fsp3) is 0.316. The monoisotopic (exact) mass is 304 g/mol. The molecule has 1 aliphatic carbocycles. The number of allylic oxidation sites excluding steroid dienone is 1. The molecule has 5 rings (SSSR count). The highest BCUT2D eigenvalue weighted by Crippen LogP contribution is 2.56. The number of fused-ring (bicyclic) bond motifs is 4. The second-order valence-electron chi connectivity index (χ2n) is 6.84. The molecule has 0 atom stereocenters. The predicted octanol–water partition coefficient (Wildman–Crippen LogP) is 3.24. The molecule has 1 saturated carbocycles. The Morgan fingerprint density at radius 2 is 2.00 bits per heavy atom. The van der Waals surface area contributed by atoms with Gasteiger partial charge in [0, 0.05) is 49.9 Å². The molecule has 0 radical (unpaired) electrons. The van der Waals surface area contributed by atoms with Crippen molar-refractivity contribution in [1.29, 1.82) is 0 Å². The molecular weight excluding hydrogens is 284 g/mol. The third kappa shape index (κ3) is 1.75. The molecule has 116 valence electrons. The normalized spacial score (nSPS) is 20.3. The number of rotatable bonds is 1. The van der Waals surface area contributed by atoms with E-state index in [1.165, 1.54) is 40.9 Å². The second-order valence-corrected chi connectivity index (χ2v) is 6.84. The summed E-state index contributed by atoms with van der Waals surface area (Å²) in [4.78, 5) is 4.85. The van der Waals surface area contributed by atoms with Crippen LogP contribution in [0.4, 0.5) is 5.69 Å². The van der Waals surface area contributed by atoms with Gasteiger partial charge in [0.15, 0.2) is 0 Å². The summed E-state index contributed by atoms with van der Waals surface area (Å²) in [6.45, 7) is 0.958. The molecule has 3 heterocycles. The van der Waals surface area contributed by atoms with Crippen molar-refractivity contribution in [1.82, 2.24) is 14.7 Å². The van der Waals surface area contributed by atoms with Crippen molar-refractivity contribution in [2.24, 2.45) is 7.05 Å². The van der Waals surface area contributed by atoms with Crippen LogP contribution in [-0.2, 0) is 12.6 Å². The fourth-order valence-electron chi connectivity index (χ4n) is 3.98. The Balaban J connectivity index is 1.70. The van der Waals surface area contributed by atoms with E-state index in [2.05, 4.69) is 64.7 Å². The van der Waals surface area contributed by atoms with Crippen molar-refractivity contribution in [2.45, 2.75) is 18.4 Å². The van der Waals surface area contributed by atoms with Crippen LogP contribution in [0.1, 0.15) is 18.4 Å². The van der Waals surface area contributed by atoms with Gasteiger partial charge in [-0.3, -0.25) is 4.68 Å². The Bertz CT molecular complexity index is 854. The van der Waals surface area contributed by atoms with E-state index in [0.717, 1.165) is 6.54 Å². The summed E-state index contributed by atoms with van der Waals surface area (Å²) in [5, 5.41) is 4.31. The molecule has 2 aromatic rings. The molecule has 0 unspecified atom stereocenters. The minimum absolute atomic E-state index is 0.202. The van der Waals surface area contributed by atoms with Crippen LogP contribution in [0.2, 0.25) is 0 Å². The summed E-state index contributed by atoms with van der Waals surface area (Å²) in [5.41, 5.74) is 6.72. The smallest absolute Gasteiger partial charge is 0.0668 e. The van der Waals surface area contributed by atoms with E-state index in [-0.39, 0.29) is 5.54 Å². The minimum atomic E-state index is 0.202. The van der Waals surface area contributed by atoms with E-state index in [4.69, 9.17) is 0 Å². The zero-order valence-corrected chi connectivity index (χ0v) is 13.5. The lowest BCUT2D eigenvalue weighted by Crippen LogP contribution is -2.26. The Morgan fingerprint density at radius 1 is 1.13 bits per heavy atom. The lowest BCUT2D eigenvalue weighted by Gasteiger charge is -2.28. The summed E-state index contributed by atoms with van der Waals surface area (Å²) in [6.07, 6.45) is 13.3. The number of hydrogen-bond acceptors (Lipinski definition) is 3. The average Bonchev–Trinajstić information content (AvgIpc) is 3.07. The third-order valence-corrected chi connectivity index (χ3v) is 5.44. The van der Waals surface area contributed by atoms with Gasteiger partial charge in [-0.15, -0.1) is 0 Å². The first-order valence-electron chi connectivity index (χ1n) is 8.20. The number of anilines is 1. The quantitative estimate of drug-likeness (QED) is 0.808. The highest BCUT2D eigenvalue weighted by atomic mass is 15.3. The van der Waals surface area contributed by atoms with Gasteiger partial charge < -0.3 is 9.80 Å². The van der Waals surface area contributed by atoms with Crippen molar-refractivity contribution in [3.63, 3.8) is 0 Å². The van der Waals surface area contributed by atoms with Crippen LogP contribution in [0.15, 0.2) is 54.6 Å². The Kier molecular flexibility index (Phi) is 2.42. The summed E-state index contributed by atoms with van der Waals surface area (Å²) >= 11 is 0. The molecule has 3 aliphatic rings. The van der Waals surface area contributed by atoms with E-state index in [1.54, 1.807) is 0 Å². The van der Waals surface area contributed by atoms with Crippen molar-refractivity contribution in [3.8, 4) is 11.1 Å². The first kappa shape index (κ1) is 13.0. The Labute approximate surface area is 136 Å². The number of aromatic nitrogens is 2. The van der Waals surface area contributed by atoms with Crippen LogP contribution in [0.3, 0.4) is 0 Å². The topological polar surface area (TPSA) is 24.3 Å². The molecule has 23 heavy (non-hydrogen) atoms. The van der Waals surface area contributed by atoms with Crippen LogP contribution >= 0.6 is 0 Å². The van der Waals surface area contributed by atoms with Gasteiger partial charge in [0.1, 0.15) is 0 Å². The summed E-state index contributed by atoms with van der Waals surface area (Å²) in [6, 6.07) is 6.92. The third-order valence-electron chi connectivity index (χ3n) is 5.44. The zero-order valence-electron chi connectivity index (χ0n) is 13.5. The van der Waals surface area contributed by atoms with Crippen LogP contribution in [-0.4, -0.2) is 28.3 Å². The molecule has 1 aromatic heterocycles. The van der Waals surface area contributed by atoms with Gasteiger partial charge in [0.05, 0.1) is 17.4 Å². The van der Waals surface area contributed by atoms with Crippen LogP contribution in [0.5, 0.6) is 0 Å². The first-order valence-corrected chi connectivity index (χ1v) is 8.20. The number of hydrogen-bond donors (Lipinski definition) is 0. The molecule has 0 saturated heterocycles. The van der Waals surface area contributed by atoms with Gasteiger partial charge in [-0.25, -0.2) is 0 Å². The lowest BCUT2D eigenvalue weighted by atomic mass is 9.97. The molecule has 0 bridgehead atoms. The van der Waals surface area contributed by atoms with Crippen LogP contribution in [0, 0.1) is 0 Å². The molecule has 1 spiro atoms. The first-order chi connectivity index (χ1) is 11.2. The van der Waals surface area contributed by atoms with Gasteiger partial charge in [-0.2, -0.15) is 5.10 Å². The maximum atomic E-state index is 4.31. The molecule has 1 aromatic carbocycles. The highest BCUT2D eigenvalue weighted by molar-refractivity contribution is 5.75. The molecular formula is C19H20N4. The van der Waals surface area contributed by atoms with Crippen molar-refractivity contribution < 1.29 is 0 Å². The summed E-state index contributed by atoms with van der Waals surface area (Å²) < 4.78 is 1.86. The molecule has 1 fully saturated rings. The van der Waals surface area contributed by atoms with E-state index in [0.29, 0.717) is 0 Å². The standard InChI is InChI=1S/C19H20N4/c1-21-13-16-4-3-9-23(16)18-10-14(15-11-20-22(2)12-15)5-6-17(18)19(21)7-8-19/h3-6,10-13H,7-9H2,1-2H3. The summed E-state index contributed by atoms with van der Waals surface area (Å²) in [7, 11) is 4.18. The van der Waals surface area contributed by atoms with Gasteiger partial charge in [0.2, 0.25) is 0 Å². The van der Waals surface area contributed by atoms with E-state index in [1.807, 2.05) is 17.9 Å². The van der Waals surface area contributed by atoms with E-state index in [9.17, 15) is 0 Å². The maximum Gasteiger partial charge on any atom is 0.0668 e. The predicted molar refractivity (Wildman–Crippen MR) is 91.9 cm³/mol. The second kappa shape index (κ2) is 4.28. The molecule has 4 nitrogen and oxygen atoms in total. The molecule has 2 aliphatic heterocycles. The average molecular weight is 304 g/mol. The largest absolute Gasteiger partial charge is 0.369 e. The van der Waals surface area contributed by atoms with Gasteiger partial charge in [0.25, 0.3) is 0 Å². The van der Waals surface area contributed by atoms with Crippen LogP contribution < -0.4 is 4.90 Å². The van der Waals surface area contributed by atoms with Gasteiger partial charge in [-0.05, 0) is 30.5 Å². The van der Waals surface area contributed by atoms with Gasteiger partial charge in [-0.1, -0.05) is 18.2 Å². The molecule has 0 N–H and O–H groups in total. The van der Waals surface area contributed by atoms with Gasteiger partial charge >= 0.3 is 0 Å². The van der Waals surface area contributed by atoms with Crippen molar-refractivity contribution in [3.05, 3.63) is 60.2 Å². The maximum absolute atomic E-state index is 4.31. The lowest BCUT2D eigenvalue weighted by molar-refractivity contribution is 0.314. The Hall–Kier alpha value is -2.49. The SMILES string of the molecule is CN1C=C2C=CCN2c2cc(-c3cnn(C)c3)ccc2C12CC2. The Morgan fingerprint density at radius 3 is 2.74 bits per heavy atom.